The summed E-state index contributed by atoms with van der Waals surface area (Å²) in [4.78, 5) is 73.8. The predicted molar refractivity (Wildman–Crippen MR) is 140 cm³/mol. The molecule has 2 N–H and O–H groups in total. The van der Waals surface area contributed by atoms with E-state index in [0.717, 1.165) is 15.7 Å². The molecule has 0 radical (unpaired) electrons. The molecular formula is C27H30N6O7. The molecule has 210 valence electrons. The molecule has 0 aliphatic carbocycles. The summed E-state index contributed by atoms with van der Waals surface area (Å²) in [5, 5.41) is 10.1. The largest absolute Gasteiger partial charge is 0.508 e. The van der Waals surface area contributed by atoms with Crippen molar-refractivity contribution < 1.29 is 24.2 Å². The molecule has 1 atom stereocenters. The van der Waals surface area contributed by atoms with Crippen LogP contribution in [0.2, 0.25) is 0 Å². The van der Waals surface area contributed by atoms with Crippen molar-refractivity contribution >= 4 is 17.8 Å². The van der Waals surface area contributed by atoms with E-state index in [9.17, 15) is 29.1 Å². The van der Waals surface area contributed by atoms with Crippen LogP contribution in [0.1, 0.15) is 46.2 Å². The first-order valence-corrected chi connectivity index (χ1v) is 13.1. The summed E-state index contributed by atoms with van der Waals surface area (Å²) in [6.45, 7) is 4.22. The number of rotatable bonds is 5. The number of ether oxygens (including phenoxy) is 1. The lowest BCUT2D eigenvalue weighted by molar-refractivity contribution is -0.148. The Morgan fingerprint density at radius 1 is 1.15 bits per heavy atom. The number of hydrogen-bond donors (Lipinski definition) is 2. The molecule has 2 amide bonds. The molecule has 3 aromatic rings. The summed E-state index contributed by atoms with van der Waals surface area (Å²) < 4.78 is 8.09. The van der Waals surface area contributed by atoms with Crippen LogP contribution in [0.15, 0.2) is 40.3 Å². The van der Waals surface area contributed by atoms with Gasteiger partial charge in [-0.05, 0) is 43.5 Å². The number of imidazole rings is 1. The molecule has 13 nitrogen and oxygen atoms in total. The van der Waals surface area contributed by atoms with Crippen molar-refractivity contribution in [1.29, 1.82) is 0 Å². The van der Waals surface area contributed by atoms with Crippen LogP contribution in [0.3, 0.4) is 0 Å². The number of H-pyrrole nitrogens is 1. The van der Waals surface area contributed by atoms with E-state index in [1.54, 1.807) is 30.3 Å². The Bertz CT molecular complexity index is 1600. The maximum absolute atomic E-state index is 14.1. The van der Waals surface area contributed by atoms with Crippen LogP contribution in [-0.2, 0) is 46.9 Å². The highest BCUT2D eigenvalue weighted by Gasteiger charge is 2.38. The molecule has 0 saturated heterocycles. The van der Waals surface area contributed by atoms with Crippen LogP contribution >= 0.6 is 0 Å². The second kappa shape index (κ2) is 10.8. The van der Waals surface area contributed by atoms with Gasteiger partial charge in [-0.25, -0.2) is 14.6 Å². The number of nitrogens with one attached hydrogen (secondary N) is 1. The van der Waals surface area contributed by atoms with Crippen molar-refractivity contribution in [2.45, 2.75) is 58.9 Å². The quantitative estimate of drug-likeness (QED) is 0.429. The molecule has 2 aliphatic rings. The third-order valence-electron chi connectivity index (χ3n) is 7.31. The summed E-state index contributed by atoms with van der Waals surface area (Å²) in [7, 11) is 0. The number of aromatic hydroxyl groups is 1. The Balaban J connectivity index is 1.46. The molecule has 2 aliphatic heterocycles. The number of esters is 1. The zero-order valence-corrected chi connectivity index (χ0v) is 22.3. The summed E-state index contributed by atoms with van der Waals surface area (Å²) in [6.07, 6.45) is 3.66. The molecule has 0 bridgehead atoms. The van der Waals surface area contributed by atoms with Crippen molar-refractivity contribution in [3.8, 4) is 5.75 Å². The smallest absolute Gasteiger partial charge is 0.358 e. The maximum atomic E-state index is 14.1. The fourth-order valence-electron chi connectivity index (χ4n) is 5.25. The van der Waals surface area contributed by atoms with Gasteiger partial charge in [0.25, 0.3) is 5.56 Å². The SMILES string of the molecule is CCOC(=O)c1ncn2c1CN(C(=O)C1Cc3cc(O)ccc3CN1C(=O)Cn1cc(C)c(=O)[nH]c1=O)CCC2. The number of carbonyl (C=O) groups excluding carboxylic acids is 3. The summed E-state index contributed by atoms with van der Waals surface area (Å²) in [5.74, 6) is -1.31. The van der Waals surface area contributed by atoms with Crippen molar-refractivity contribution in [3.05, 3.63) is 79.6 Å². The average molecular weight is 551 g/mol. The molecule has 0 fully saturated rings. The number of fused-ring (bicyclic) bond motifs is 2. The number of phenolic OH excluding ortho intramolecular Hbond substituents is 1. The van der Waals surface area contributed by atoms with Gasteiger partial charge < -0.3 is 24.2 Å². The van der Waals surface area contributed by atoms with Crippen molar-refractivity contribution in [1.82, 2.24) is 28.9 Å². The van der Waals surface area contributed by atoms with Crippen LogP contribution in [-0.4, -0.2) is 71.0 Å². The van der Waals surface area contributed by atoms with E-state index in [1.807, 2.05) is 4.57 Å². The highest BCUT2D eigenvalue weighted by Crippen LogP contribution is 2.29. The minimum absolute atomic E-state index is 0.0535. The normalized spacial score (nSPS) is 16.6. The Labute approximate surface area is 228 Å². The molecule has 0 saturated carbocycles. The average Bonchev–Trinajstić information content (AvgIpc) is 3.20. The number of phenols is 1. The minimum atomic E-state index is -0.915. The van der Waals surface area contributed by atoms with Gasteiger partial charge in [-0.2, -0.15) is 0 Å². The fraction of sp³-hybridized carbons (Fsp3) is 0.407. The van der Waals surface area contributed by atoms with Gasteiger partial charge in [-0.1, -0.05) is 6.07 Å². The van der Waals surface area contributed by atoms with Gasteiger partial charge in [0.05, 0.1) is 25.2 Å². The van der Waals surface area contributed by atoms with E-state index in [1.165, 1.54) is 24.1 Å². The Kier molecular flexibility index (Phi) is 7.28. The topological polar surface area (TPSA) is 160 Å². The fourth-order valence-corrected chi connectivity index (χ4v) is 5.25. The molecule has 5 rings (SSSR count). The summed E-state index contributed by atoms with van der Waals surface area (Å²) in [5.41, 5.74) is 1.26. The molecule has 40 heavy (non-hydrogen) atoms. The van der Waals surface area contributed by atoms with Gasteiger partial charge >= 0.3 is 11.7 Å². The number of hydrogen-bond acceptors (Lipinski definition) is 8. The predicted octanol–water partition coefficient (Wildman–Crippen LogP) is 0.310. The lowest BCUT2D eigenvalue weighted by Gasteiger charge is -2.38. The van der Waals surface area contributed by atoms with Gasteiger partial charge in [0.1, 0.15) is 18.3 Å². The van der Waals surface area contributed by atoms with Crippen LogP contribution < -0.4 is 11.2 Å². The lowest BCUT2D eigenvalue weighted by atomic mass is 9.92. The number of aromatic amines is 1. The van der Waals surface area contributed by atoms with Crippen molar-refractivity contribution in [2.75, 3.05) is 13.2 Å². The van der Waals surface area contributed by atoms with E-state index in [4.69, 9.17) is 4.74 Å². The van der Waals surface area contributed by atoms with Crippen LogP contribution in [0.4, 0.5) is 0 Å². The first-order valence-electron chi connectivity index (χ1n) is 13.1. The zero-order chi connectivity index (χ0) is 28.6. The van der Waals surface area contributed by atoms with Gasteiger partial charge in [-0.3, -0.25) is 23.9 Å². The Morgan fingerprint density at radius 3 is 2.73 bits per heavy atom. The first kappa shape index (κ1) is 26.9. The van der Waals surface area contributed by atoms with E-state index >= 15 is 0 Å². The number of aryl methyl sites for hydroxylation is 2. The molecule has 0 spiro atoms. The highest BCUT2D eigenvalue weighted by molar-refractivity contribution is 5.90. The number of nitrogens with zero attached hydrogens (tertiary/aromatic N) is 5. The second-order valence-electron chi connectivity index (χ2n) is 9.96. The Hall–Kier alpha value is -4.68. The van der Waals surface area contributed by atoms with Gasteiger partial charge in [-0.15, -0.1) is 0 Å². The Morgan fingerprint density at radius 2 is 1.95 bits per heavy atom. The maximum Gasteiger partial charge on any atom is 0.358 e. The van der Waals surface area contributed by atoms with Crippen molar-refractivity contribution in [3.63, 3.8) is 0 Å². The third-order valence-corrected chi connectivity index (χ3v) is 7.31. The summed E-state index contributed by atoms with van der Waals surface area (Å²) >= 11 is 0. The van der Waals surface area contributed by atoms with E-state index in [-0.39, 0.29) is 55.6 Å². The summed E-state index contributed by atoms with van der Waals surface area (Å²) in [6, 6.07) is 3.90. The van der Waals surface area contributed by atoms with Gasteiger partial charge in [0.15, 0.2) is 5.69 Å². The van der Waals surface area contributed by atoms with Gasteiger partial charge in [0.2, 0.25) is 11.8 Å². The first-order chi connectivity index (χ1) is 19.2. The van der Waals surface area contributed by atoms with E-state index in [2.05, 4.69) is 9.97 Å². The van der Waals surface area contributed by atoms with Gasteiger partial charge in [0, 0.05) is 37.8 Å². The van der Waals surface area contributed by atoms with Crippen LogP contribution in [0, 0.1) is 6.92 Å². The lowest BCUT2D eigenvalue weighted by Crippen LogP contribution is -2.54. The molecule has 1 unspecified atom stereocenters. The molecule has 4 heterocycles. The van der Waals surface area contributed by atoms with Crippen LogP contribution in [0.5, 0.6) is 5.75 Å². The van der Waals surface area contributed by atoms with E-state index in [0.29, 0.717) is 25.2 Å². The van der Waals surface area contributed by atoms with E-state index < -0.39 is 29.2 Å². The highest BCUT2D eigenvalue weighted by atomic mass is 16.5. The molecule has 13 heteroatoms. The zero-order valence-electron chi connectivity index (χ0n) is 22.3. The third kappa shape index (κ3) is 5.14. The number of amides is 2. The van der Waals surface area contributed by atoms with Crippen molar-refractivity contribution in [2.24, 2.45) is 0 Å². The minimum Gasteiger partial charge on any atom is -0.508 e. The molecular weight excluding hydrogens is 520 g/mol. The standard InChI is InChI=1S/C27H30N6O7/c1-3-40-26(38)23-21-13-30(7-4-8-31(21)15-28-23)25(37)20-10-18-9-19(34)6-5-17(18)12-33(20)22(35)14-32-11-16(2)24(36)29-27(32)39/h5-6,9,11,15,20,34H,3-4,7-8,10,12-14H2,1-2H3,(H,29,36,39). The van der Waals surface area contributed by atoms with Crippen LogP contribution in [0.25, 0.3) is 0 Å². The monoisotopic (exact) mass is 550 g/mol. The second-order valence-corrected chi connectivity index (χ2v) is 9.96. The number of aromatic nitrogens is 4. The number of carbonyl (C=O) groups is 3. The molecule has 2 aromatic heterocycles. The molecule has 1 aromatic carbocycles. The number of benzene rings is 1.